The number of para-hydroxylation sites is 1. The molecule has 0 bridgehead atoms. The summed E-state index contributed by atoms with van der Waals surface area (Å²) < 4.78 is 16.8. The number of nitrogens with one attached hydrogen (secondary N) is 1. The van der Waals surface area contributed by atoms with E-state index in [1.807, 2.05) is 66.0 Å². The molecule has 2 heterocycles. The smallest absolute Gasteiger partial charge is 0.262 e. The monoisotopic (exact) mass is 473 g/mol. The SMILES string of the molecule is COc1ccc(N2C(=O)c3ccccc3NC2c2ccc(OCc3cscn3)cc2)c(OC)c1. The zero-order valence-electron chi connectivity index (χ0n) is 18.7. The van der Waals surface area contributed by atoms with Crippen LogP contribution in [0.25, 0.3) is 0 Å². The van der Waals surface area contributed by atoms with Crippen molar-refractivity contribution in [2.75, 3.05) is 24.4 Å². The third kappa shape index (κ3) is 4.15. The average molecular weight is 474 g/mol. The van der Waals surface area contributed by atoms with E-state index in [0.29, 0.717) is 29.4 Å². The average Bonchev–Trinajstić information content (AvgIpc) is 3.41. The van der Waals surface area contributed by atoms with Crippen LogP contribution in [-0.2, 0) is 6.61 Å². The summed E-state index contributed by atoms with van der Waals surface area (Å²) in [6.07, 6.45) is -0.447. The van der Waals surface area contributed by atoms with Crippen molar-refractivity contribution < 1.29 is 19.0 Å². The van der Waals surface area contributed by atoms with Gasteiger partial charge in [0.05, 0.1) is 36.7 Å². The van der Waals surface area contributed by atoms with E-state index >= 15 is 0 Å². The third-order valence-corrected chi connectivity index (χ3v) is 6.27. The summed E-state index contributed by atoms with van der Waals surface area (Å²) in [5.41, 5.74) is 5.60. The lowest BCUT2D eigenvalue weighted by Gasteiger charge is -2.38. The summed E-state index contributed by atoms with van der Waals surface area (Å²) in [6, 6.07) is 20.6. The Balaban J connectivity index is 1.50. The molecule has 0 saturated carbocycles. The Labute approximate surface area is 201 Å². The van der Waals surface area contributed by atoms with E-state index in [1.165, 1.54) is 11.3 Å². The minimum atomic E-state index is -0.447. The molecule has 1 unspecified atom stereocenters. The third-order valence-electron chi connectivity index (χ3n) is 5.64. The molecule has 3 aromatic carbocycles. The molecule has 172 valence electrons. The molecule has 0 fully saturated rings. The molecule has 1 atom stereocenters. The lowest BCUT2D eigenvalue weighted by Crippen LogP contribution is -2.43. The Bertz CT molecular complexity index is 1290. The van der Waals surface area contributed by atoms with Crippen LogP contribution in [0.1, 0.15) is 27.8 Å². The van der Waals surface area contributed by atoms with E-state index in [1.54, 1.807) is 30.7 Å². The van der Waals surface area contributed by atoms with Crippen molar-refractivity contribution in [1.82, 2.24) is 4.98 Å². The topological polar surface area (TPSA) is 72.9 Å². The van der Waals surface area contributed by atoms with Crippen molar-refractivity contribution in [1.29, 1.82) is 0 Å². The first kappa shape index (κ1) is 21.8. The highest BCUT2D eigenvalue weighted by Crippen LogP contribution is 2.42. The number of methoxy groups -OCH3 is 2. The number of hydrogen-bond acceptors (Lipinski definition) is 7. The number of benzene rings is 3. The summed E-state index contributed by atoms with van der Waals surface area (Å²) in [6.45, 7) is 0.408. The maximum absolute atomic E-state index is 13.7. The Morgan fingerprint density at radius 2 is 1.79 bits per heavy atom. The van der Waals surface area contributed by atoms with Crippen molar-refractivity contribution in [2.24, 2.45) is 0 Å². The summed E-state index contributed by atoms with van der Waals surface area (Å²) in [5.74, 6) is 1.80. The molecule has 1 aromatic heterocycles. The fourth-order valence-electron chi connectivity index (χ4n) is 3.93. The number of carbonyl (C=O) groups excluding carboxylic acids is 1. The number of anilines is 2. The molecule has 34 heavy (non-hydrogen) atoms. The van der Waals surface area contributed by atoms with E-state index in [2.05, 4.69) is 10.3 Å². The van der Waals surface area contributed by atoms with Gasteiger partial charge in [-0.05, 0) is 42.0 Å². The minimum Gasteiger partial charge on any atom is -0.497 e. The van der Waals surface area contributed by atoms with Crippen LogP contribution in [0.5, 0.6) is 17.2 Å². The van der Waals surface area contributed by atoms with Gasteiger partial charge in [0.15, 0.2) is 0 Å². The number of rotatable bonds is 7. The van der Waals surface area contributed by atoms with Crippen LogP contribution in [0.3, 0.4) is 0 Å². The molecule has 0 aliphatic carbocycles. The molecule has 1 aliphatic rings. The number of ether oxygens (including phenoxy) is 3. The van der Waals surface area contributed by atoms with Gasteiger partial charge >= 0.3 is 0 Å². The Kier molecular flexibility index (Phi) is 6.05. The number of nitrogens with zero attached hydrogens (tertiary/aromatic N) is 2. The van der Waals surface area contributed by atoms with Crippen molar-refractivity contribution in [3.8, 4) is 17.2 Å². The van der Waals surface area contributed by atoms with Crippen LogP contribution in [-0.4, -0.2) is 25.1 Å². The van der Waals surface area contributed by atoms with Crippen molar-refractivity contribution in [2.45, 2.75) is 12.8 Å². The number of fused-ring (bicyclic) bond motifs is 1. The fraction of sp³-hybridized carbons (Fsp3) is 0.154. The molecular weight excluding hydrogens is 450 g/mol. The summed E-state index contributed by atoms with van der Waals surface area (Å²) in [7, 11) is 3.18. The maximum atomic E-state index is 13.7. The molecule has 1 N–H and O–H groups in total. The Morgan fingerprint density at radius 3 is 2.53 bits per heavy atom. The van der Waals surface area contributed by atoms with Crippen LogP contribution >= 0.6 is 11.3 Å². The van der Waals surface area contributed by atoms with E-state index in [9.17, 15) is 4.79 Å². The van der Waals surface area contributed by atoms with Gasteiger partial charge in [0.25, 0.3) is 5.91 Å². The quantitative estimate of drug-likeness (QED) is 0.382. The number of aromatic nitrogens is 1. The van der Waals surface area contributed by atoms with Gasteiger partial charge in [-0.15, -0.1) is 11.3 Å². The molecule has 5 rings (SSSR count). The second-order valence-corrected chi connectivity index (χ2v) is 8.36. The lowest BCUT2D eigenvalue weighted by atomic mass is 10.0. The first-order valence-electron chi connectivity index (χ1n) is 10.7. The largest absolute Gasteiger partial charge is 0.497 e. The van der Waals surface area contributed by atoms with E-state index < -0.39 is 6.17 Å². The summed E-state index contributed by atoms with van der Waals surface area (Å²) in [4.78, 5) is 19.6. The molecule has 0 spiro atoms. The van der Waals surface area contributed by atoms with Crippen molar-refractivity contribution in [3.05, 3.63) is 94.4 Å². The standard InChI is InChI=1S/C26H23N3O4S/c1-31-20-11-12-23(24(13-20)32-2)29-25(28-22-6-4-3-5-21(22)26(29)30)17-7-9-19(10-8-17)33-14-18-15-34-16-27-18/h3-13,15-16,25,28H,14H2,1-2H3. The second-order valence-electron chi connectivity index (χ2n) is 7.64. The Hall–Kier alpha value is -4.04. The van der Waals surface area contributed by atoms with Crippen LogP contribution in [0, 0.1) is 0 Å². The molecular formula is C26H23N3O4S. The predicted molar refractivity (Wildman–Crippen MR) is 132 cm³/mol. The normalized spacial score (nSPS) is 14.8. The highest BCUT2D eigenvalue weighted by Gasteiger charge is 2.35. The van der Waals surface area contributed by atoms with Gasteiger partial charge < -0.3 is 19.5 Å². The maximum Gasteiger partial charge on any atom is 0.262 e. The van der Waals surface area contributed by atoms with E-state index in [4.69, 9.17) is 14.2 Å². The van der Waals surface area contributed by atoms with Crippen LogP contribution < -0.4 is 24.4 Å². The molecule has 4 aromatic rings. The number of carbonyl (C=O) groups is 1. The first-order valence-corrected chi connectivity index (χ1v) is 11.6. The fourth-order valence-corrected chi connectivity index (χ4v) is 4.47. The zero-order chi connectivity index (χ0) is 23.5. The Morgan fingerprint density at radius 1 is 1.00 bits per heavy atom. The highest BCUT2D eigenvalue weighted by molar-refractivity contribution is 7.07. The molecule has 0 saturated heterocycles. The predicted octanol–water partition coefficient (Wildman–Crippen LogP) is 5.51. The zero-order valence-corrected chi connectivity index (χ0v) is 19.5. The van der Waals surface area contributed by atoms with Gasteiger partial charge in [0.2, 0.25) is 0 Å². The summed E-state index contributed by atoms with van der Waals surface area (Å²) >= 11 is 1.54. The molecule has 1 aliphatic heterocycles. The van der Waals surface area contributed by atoms with Gasteiger partial charge in [-0.2, -0.15) is 0 Å². The van der Waals surface area contributed by atoms with Gasteiger partial charge in [-0.3, -0.25) is 9.69 Å². The molecule has 8 heteroatoms. The number of amides is 1. The second kappa shape index (κ2) is 9.44. The van der Waals surface area contributed by atoms with E-state index in [-0.39, 0.29) is 5.91 Å². The van der Waals surface area contributed by atoms with Gasteiger partial charge in [0.1, 0.15) is 30.0 Å². The van der Waals surface area contributed by atoms with Crippen LogP contribution in [0.2, 0.25) is 0 Å². The van der Waals surface area contributed by atoms with Gasteiger partial charge in [-0.1, -0.05) is 24.3 Å². The van der Waals surface area contributed by atoms with Crippen molar-refractivity contribution >= 4 is 28.6 Å². The van der Waals surface area contributed by atoms with Crippen molar-refractivity contribution in [3.63, 3.8) is 0 Å². The molecule has 0 radical (unpaired) electrons. The molecule has 1 amide bonds. The van der Waals surface area contributed by atoms with E-state index in [0.717, 1.165) is 22.7 Å². The first-order chi connectivity index (χ1) is 16.7. The van der Waals surface area contributed by atoms with Gasteiger partial charge in [0, 0.05) is 17.1 Å². The van der Waals surface area contributed by atoms with Gasteiger partial charge in [-0.25, -0.2) is 4.98 Å². The lowest BCUT2D eigenvalue weighted by molar-refractivity contribution is 0.0974. The van der Waals surface area contributed by atoms with Crippen LogP contribution in [0.4, 0.5) is 11.4 Å². The number of hydrogen-bond donors (Lipinski definition) is 1. The molecule has 7 nitrogen and oxygen atoms in total. The summed E-state index contributed by atoms with van der Waals surface area (Å²) in [5, 5.41) is 5.48. The van der Waals surface area contributed by atoms with Crippen LogP contribution in [0.15, 0.2) is 77.6 Å². The highest BCUT2D eigenvalue weighted by atomic mass is 32.1. The number of thiazole rings is 1. The minimum absolute atomic E-state index is 0.119.